The van der Waals surface area contributed by atoms with Gasteiger partial charge in [-0.25, -0.2) is 0 Å². The molecule has 8 heteroatoms. The molecule has 1 atom stereocenters. The lowest BCUT2D eigenvalue weighted by Gasteiger charge is -2.31. The third kappa shape index (κ3) is 4.82. The molecule has 154 valence electrons. The molecule has 0 saturated heterocycles. The zero-order valence-electron chi connectivity index (χ0n) is 16.6. The van der Waals surface area contributed by atoms with E-state index in [0.29, 0.717) is 36.4 Å². The Bertz CT molecular complexity index is 908. The summed E-state index contributed by atoms with van der Waals surface area (Å²) in [7, 11) is 0. The topological polar surface area (TPSA) is 113 Å². The fraction of sp³-hybridized carbons (Fsp3) is 0.429. The highest BCUT2D eigenvalue weighted by Gasteiger charge is 2.34. The van der Waals surface area contributed by atoms with Crippen LogP contribution in [0.4, 0.5) is 5.69 Å². The van der Waals surface area contributed by atoms with Crippen LogP contribution in [0.5, 0.6) is 0 Å². The Hall–Kier alpha value is -3.16. The molecule has 29 heavy (non-hydrogen) atoms. The third-order valence-electron chi connectivity index (χ3n) is 5.44. The van der Waals surface area contributed by atoms with Crippen LogP contribution in [-0.2, 0) is 22.6 Å². The van der Waals surface area contributed by atoms with Gasteiger partial charge >= 0.3 is 5.97 Å². The van der Waals surface area contributed by atoms with Crippen LogP contribution in [0.15, 0.2) is 34.9 Å². The van der Waals surface area contributed by atoms with Gasteiger partial charge in [-0.3, -0.25) is 14.4 Å². The number of carboxylic acid groups (broad SMARTS) is 1. The zero-order valence-corrected chi connectivity index (χ0v) is 16.6. The molecule has 1 unspecified atom stereocenters. The molecule has 8 nitrogen and oxygen atoms in total. The quantitative estimate of drug-likeness (QED) is 0.740. The summed E-state index contributed by atoms with van der Waals surface area (Å²) < 4.78 is 5.32. The van der Waals surface area contributed by atoms with Crippen LogP contribution in [0, 0.1) is 5.41 Å². The molecule has 1 aliphatic heterocycles. The van der Waals surface area contributed by atoms with Gasteiger partial charge in [0.25, 0.3) is 5.91 Å². The number of para-hydroxylation sites is 1. The number of carboxylic acids is 1. The number of amides is 2. The minimum atomic E-state index is -0.915. The molecule has 1 aromatic carbocycles. The van der Waals surface area contributed by atoms with E-state index < -0.39 is 11.4 Å². The average molecular weight is 399 g/mol. The molecule has 2 heterocycles. The summed E-state index contributed by atoms with van der Waals surface area (Å²) in [5.74, 6) is -0.824. The molecule has 0 fully saturated rings. The van der Waals surface area contributed by atoms with E-state index in [9.17, 15) is 14.4 Å². The normalized spacial score (nSPS) is 15.3. The predicted molar refractivity (Wildman–Crippen MR) is 105 cm³/mol. The number of aromatic nitrogens is 1. The van der Waals surface area contributed by atoms with Crippen molar-refractivity contribution in [2.24, 2.45) is 5.41 Å². The summed E-state index contributed by atoms with van der Waals surface area (Å²) in [4.78, 5) is 38.2. The van der Waals surface area contributed by atoms with E-state index in [-0.39, 0.29) is 36.9 Å². The Labute approximate surface area is 168 Å². The maximum atomic E-state index is 12.8. The number of nitrogens with zero attached hydrogens (tertiary/aromatic N) is 2. The van der Waals surface area contributed by atoms with Crippen molar-refractivity contribution in [1.82, 2.24) is 10.1 Å². The summed E-state index contributed by atoms with van der Waals surface area (Å²) >= 11 is 0. The van der Waals surface area contributed by atoms with E-state index in [1.807, 2.05) is 32.0 Å². The molecule has 0 bridgehead atoms. The van der Waals surface area contributed by atoms with E-state index in [2.05, 4.69) is 10.5 Å². The molecule has 2 aromatic rings. The Morgan fingerprint density at radius 2 is 1.97 bits per heavy atom. The van der Waals surface area contributed by atoms with Gasteiger partial charge in [0, 0.05) is 30.6 Å². The molecule has 1 aliphatic rings. The van der Waals surface area contributed by atoms with Crippen LogP contribution < -0.4 is 5.32 Å². The number of hydrogen-bond acceptors (Lipinski definition) is 5. The van der Waals surface area contributed by atoms with Crippen molar-refractivity contribution < 1.29 is 24.0 Å². The van der Waals surface area contributed by atoms with Gasteiger partial charge in [0.05, 0.1) is 13.0 Å². The Balaban J connectivity index is 1.72. The van der Waals surface area contributed by atoms with Gasteiger partial charge in [-0.05, 0) is 24.0 Å². The number of fused-ring (bicyclic) bond motifs is 1. The molecular formula is C21H25N3O5. The lowest BCUT2D eigenvalue weighted by molar-refractivity contribution is -0.141. The Kier molecular flexibility index (Phi) is 6.00. The molecule has 1 aromatic heterocycles. The minimum Gasteiger partial charge on any atom is -0.481 e. The van der Waals surface area contributed by atoms with Crippen molar-refractivity contribution in [3.63, 3.8) is 0 Å². The fourth-order valence-electron chi connectivity index (χ4n) is 3.47. The van der Waals surface area contributed by atoms with E-state index >= 15 is 0 Å². The number of anilines is 1. The molecule has 3 rings (SSSR count). The van der Waals surface area contributed by atoms with Crippen LogP contribution in [0.2, 0.25) is 0 Å². The maximum absolute atomic E-state index is 12.8. The third-order valence-corrected chi connectivity index (χ3v) is 5.44. The first-order valence-corrected chi connectivity index (χ1v) is 9.65. The van der Waals surface area contributed by atoms with Crippen LogP contribution in [0.3, 0.4) is 0 Å². The average Bonchev–Trinajstić information content (AvgIpc) is 3.11. The number of carbonyl (C=O) groups excluding carboxylic acids is 2. The molecule has 0 spiro atoms. The number of nitrogens with one attached hydrogen (secondary N) is 1. The van der Waals surface area contributed by atoms with Gasteiger partial charge in [0.2, 0.25) is 5.91 Å². The number of rotatable bonds is 7. The highest BCUT2D eigenvalue weighted by atomic mass is 16.5. The van der Waals surface area contributed by atoms with Gasteiger partial charge in [-0.15, -0.1) is 0 Å². The Morgan fingerprint density at radius 3 is 2.62 bits per heavy atom. The van der Waals surface area contributed by atoms with Gasteiger partial charge in [-0.2, -0.15) is 0 Å². The second kappa shape index (κ2) is 8.46. The van der Waals surface area contributed by atoms with E-state index in [1.54, 1.807) is 17.0 Å². The number of carbonyl (C=O) groups is 3. The predicted octanol–water partition coefficient (Wildman–Crippen LogP) is 3.09. The van der Waals surface area contributed by atoms with Gasteiger partial charge in [-0.1, -0.05) is 37.2 Å². The first-order valence-electron chi connectivity index (χ1n) is 9.65. The first-order chi connectivity index (χ1) is 13.8. The highest BCUT2D eigenvalue weighted by Crippen LogP contribution is 2.32. The van der Waals surface area contributed by atoms with Crippen LogP contribution >= 0.6 is 0 Å². The molecule has 0 saturated carbocycles. The summed E-state index contributed by atoms with van der Waals surface area (Å²) in [6.07, 6.45) is 1.13. The van der Waals surface area contributed by atoms with Crippen LogP contribution in [0.1, 0.15) is 54.9 Å². The maximum Gasteiger partial charge on any atom is 0.303 e. The highest BCUT2D eigenvalue weighted by molar-refractivity contribution is 6.04. The summed E-state index contributed by atoms with van der Waals surface area (Å²) in [6.45, 7) is 4.37. The van der Waals surface area contributed by atoms with E-state index in [1.165, 1.54) is 0 Å². The van der Waals surface area contributed by atoms with Crippen molar-refractivity contribution in [3.8, 4) is 0 Å². The second-order valence-corrected chi connectivity index (χ2v) is 7.73. The molecule has 0 radical (unpaired) electrons. The SMILES string of the molecule is CCC(C)(CC(=O)O)CC(=O)N1CCc2onc(C(=O)Nc3ccccc3)c2C1. The lowest BCUT2D eigenvalue weighted by atomic mass is 9.80. The summed E-state index contributed by atoms with van der Waals surface area (Å²) in [5.41, 5.74) is 0.815. The van der Waals surface area contributed by atoms with Gasteiger partial charge in [0.1, 0.15) is 5.76 Å². The van der Waals surface area contributed by atoms with Crippen molar-refractivity contribution in [2.45, 2.75) is 46.1 Å². The number of aliphatic carboxylic acids is 1. The minimum absolute atomic E-state index is 0.0632. The van der Waals surface area contributed by atoms with Crippen LogP contribution in [0.25, 0.3) is 0 Å². The fourth-order valence-corrected chi connectivity index (χ4v) is 3.47. The molecular weight excluding hydrogens is 374 g/mol. The van der Waals surface area contributed by atoms with Gasteiger partial charge < -0.3 is 19.8 Å². The standard InChI is InChI=1S/C21H25N3O5/c1-3-21(2,12-18(26)27)11-17(25)24-10-9-16-15(13-24)19(23-29-16)20(28)22-14-7-5-4-6-8-14/h4-8H,3,9-13H2,1-2H3,(H,22,28)(H,26,27). The van der Waals surface area contributed by atoms with Crippen molar-refractivity contribution >= 4 is 23.5 Å². The van der Waals surface area contributed by atoms with E-state index in [0.717, 1.165) is 0 Å². The first kappa shape index (κ1) is 20.6. The molecule has 2 N–H and O–H groups in total. The van der Waals surface area contributed by atoms with Crippen molar-refractivity contribution in [1.29, 1.82) is 0 Å². The largest absolute Gasteiger partial charge is 0.481 e. The summed E-state index contributed by atoms with van der Waals surface area (Å²) in [6, 6.07) is 9.03. The second-order valence-electron chi connectivity index (χ2n) is 7.73. The summed E-state index contributed by atoms with van der Waals surface area (Å²) in [5, 5.41) is 15.8. The monoisotopic (exact) mass is 399 g/mol. The lowest BCUT2D eigenvalue weighted by Crippen LogP contribution is -2.39. The van der Waals surface area contributed by atoms with Gasteiger partial charge in [0.15, 0.2) is 5.69 Å². The van der Waals surface area contributed by atoms with Crippen molar-refractivity contribution in [2.75, 3.05) is 11.9 Å². The van der Waals surface area contributed by atoms with Crippen molar-refractivity contribution in [3.05, 3.63) is 47.3 Å². The Morgan fingerprint density at radius 1 is 1.24 bits per heavy atom. The smallest absolute Gasteiger partial charge is 0.303 e. The molecule has 2 amide bonds. The zero-order chi connectivity index (χ0) is 21.0. The van der Waals surface area contributed by atoms with Crippen LogP contribution in [-0.4, -0.2) is 39.5 Å². The number of hydrogen-bond donors (Lipinski definition) is 2. The molecule has 0 aliphatic carbocycles. The number of benzene rings is 1. The van der Waals surface area contributed by atoms with E-state index in [4.69, 9.17) is 9.63 Å².